The molecule has 0 N–H and O–H groups in total. The second kappa shape index (κ2) is 8.15. The van der Waals surface area contributed by atoms with Gasteiger partial charge >= 0.3 is 0 Å². The van der Waals surface area contributed by atoms with Crippen LogP contribution in [0, 0.1) is 0 Å². The number of pyridine rings is 1. The largest absolute Gasteiger partial charge is 0.314 e. The molecule has 0 unspecified atom stereocenters. The average Bonchev–Trinajstić information content (AvgIpc) is 3.50. The van der Waals surface area contributed by atoms with E-state index < -0.39 is 0 Å². The van der Waals surface area contributed by atoms with Gasteiger partial charge in [0.05, 0.1) is 33.3 Å². The lowest BCUT2D eigenvalue weighted by molar-refractivity contribution is 1.01. The van der Waals surface area contributed by atoms with Gasteiger partial charge < -0.3 is 4.40 Å². The van der Waals surface area contributed by atoms with Crippen molar-refractivity contribution in [3.63, 3.8) is 0 Å². The Hall–Kier alpha value is -5.22. The first-order valence-corrected chi connectivity index (χ1v) is 12.8. The lowest BCUT2D eigenvalue weighted by atomic mass is 10.1. The lowest BCUT2D eigenvalue weighted by Crippen LogP contribution is -2.03. The minimum Gasteiger partial charge on any atom is -0.314 e. The summed E-state index contributed by atoms with van der Waals surface area (Å²) in [5.41, 5.74) is 9.79. The molecule has 178 valence electrons. The molecule has 4 aromatic carbocycles. The summed E-state index contributed by atoms with van der Waals surface area (Å²) in [5.74, 6) is 0.668. The van der Waals surface area contributed by atoms with Crippen LogP contribution in [-0.2, 0) is 0 Å². The highest BCUT2D eigenvalue weighted by Crippen LogP contribution is 2.42. The van der Waals surface area contributed by atoms with Crippen molar-refractivity contribution < 1.29 is 0 Å². The Morgan fingerprint density at radius 3 is 1.92 bits per heavy atom. The standard InChI is InChI=1S/C34H22N4/c1-3-13-23(14-4-1)30-29-21-11-12-22-37(29)32-26-18-8-10-20-28(26)38(33(30)32)34-35-27-19-9-7-17-25(27)31(36-34)24-15-5-2-6-16-24/h1-22H. The van der Waals surface area contributed by atoms with Crippen LogP contribution in [0.15, 0.2) is 134 Å². The van der Waals surface area contributed by atoms with Crippen LogP contribution in [0.5, 0.6) is 0 Å². The predicted molar refractivity (Wildman–Crippen MR) is 156 cm³/mol. The van der Waals surface area contributed by atoms with Crippen LogP contribution in [0.4, 0.5) is 0 Å². The highest BCUT2D eigenvalue weighted by Gasteiger charge is 2.24. The van der Waals surface area contributed by atoms with Gasteiger partial charge in [-0.1, -0.05) is 103 Å². The second-order valence-electron chi connectivity index (χ2n) is 9.50. The summed E-state index contributed by atoms with van der Waals surface area (Å²) in [4.78, 5) is 10.4. The molecule has 8 aromatic rings. The fraction of sp³-hybridized carbons (Fsp3) is 0. The Morgan fingerprint density at radius 1 is 0.474 bits per heavy atom. The van der Waals surface area contributed by atoms with E-state index in [9.17, 15) is 0 Å². The molecule has 4 heteroatoms. The molecule has 8 rings (SSSR count). The van der Waals surface area contributed by atoms with Gasteiger partial charge in [-0.15, -0.1) is 0 Å². The highest BCUT2D eigenvalue weighted by atomic mass is 15.2. The molecule has 38 heavy (non-hydrogen) atoms. The summed E-state index contributed by atoms with van der Waals surface area (Å²) in [6.45, 7) is 0. The maximum atomic E-state index is 5.26. The monoisotopic (exact) mass is 486 g/mol. The Balaban J connectivity index is 1.58. The minimum absolute atomic E-state index is 0.668. The molecule has 4 nitrogen and oxygen atoms in total. The molecule has 0 atom stereocenters. The molecular formula is C34H22N4. The zero-order valence-electron chi connectivity index (χ0n) is 20.5. The summed E-state index contributed by atoms with van der Waals surface area (Å²) in [7, 11) is 0. The minimum atomic E-state index is 0.668. The first-order chi connectivity index (χ1) is 18.9. The van der Waals surface area contributed by atoms with E-state index in [0.29, 0.717) is 5.95 Å². The van der Waals surface area contributed by atoms with E-state index in [1.165, 1.54) is 16.5 Å². The van der Waals surface area contributed by atoms with E-state index in [-0.39, 0.29) is 0 Å². The molecule has 0 aliphatic rings. The van der Waals surface area contributed by atoms with Gasteiger partial charge in [0, 0.05) is 28.1 Å². The van der Waals surface area contributed by atoms with Crippen molar-refractivity contribution >= 4 is 38.4 Å². The van der Waals surface area contributed by atoms with Crippen molar-refractivity contribution in [1.29, 1.82) is 0 Å². The Bertz CT molecular complexity index is 2120. The van der Waals surface area contributed by atoms with E-state index in [1.54, 1.807) is 0 Å². The van der Waals surface area contributed by atoms with Crippen LogP contribution in [0.25, 0.3) is 66.7 Å². The fourth-order valence-corrected chi connectivity index (χ4v) is 5.74. The van der Waals surface area contributed by atoms with Crippen LogP contribution < -0.4 is 0 Å². The van der Waals surface area contributed by atoms with Crippen molar-refractivity contribution in [2.45, 2.75) is 0 Å². The number of hydrogen-bond acceptors (Lipinski definition) is 2. The third-order valence-corrected chi connectivity index (χ3v) is 7.34. The number of aromatic nitrogens is 4. The Kier molecular flexibility index (Phi) is 4.49. The number of nitrogens with zero attached hydrogens (tertiary/aromatic N) is 4. The van der Waals surface area contributed by atoms with Crippen molar-refractivity contribution in [2.75, 3.05) is 0 Å². The fourth-order valence-electron chi connectivity index (χ4n) is 5.74. The molecule has 0 radical (unpaired) electrons. The van der Waals surface area contributed by atoms with Crippen molar-refractivity contribution in [3.8, 4) is 28.3 Å². The van der Waals surface area contributed by atoms with E-state index in [4.69, 9.17) is 9.97 Å². The SMILES string of the molecule is c1ccc(-c2nc(-n3c4ccccc4c4c3c(-c3ccccc3)c3ccccn34)nc3ccccc23)cc1. The first-order valence-electron chi connectivity index (χ1n) is 12.8. The molecule has 4 heterocycles. The Morgan fingerprint density at radius 2 is 1.11 bits per heavy atom. The van der Waals surface area contributed by atoms with Crippen molar-refractivity contribution in [2.24, 2.45) is 0 Å². The maximum absolute atomic E-state index is 5.26. The van der Waals surface area contributed by atoms with Crippen LogP contribution >= 0.6 is 0 Å². The highest BCUT2D eigenvalue weighted by molar-refractivity contribution is 6.17. The number of rotatable bonds is 3. The Labute approximate surface area is 219 Å². The van der Waals surface area contributed by atoms with Crippen LogP contribution in [-0.4, -0.2) is 18.9 Å². The summed E-state index contributed by atoms with van der Waals surface area (Å²) in [6, 6.07) is 44.2. The van der Waals surface area contributed by atoms with E-state index in [1.807, 2.05) is 12.1 Å². The number of benzene rings is 4. The molecule has 0 spiro atoms. The summed E-state index contributed by atoms with van der Waals surface area (Å²) in [5, 5.41) is 2.21. The van der Waals surface area contributed by atoms with Gasteiger partial charge in [0.1, 0.15) is 0 Å². The normalized spacial score (nSPS) is 11.7. The average molecular weight is 487 g/mol. The number of para-hydroxylation sites is 2. The summed E-state index contributed by atoms with van der Waals surface area (Å²) >= 11 is 0. The van der Waals surface area contributed by atoms with E-state index in [0.717, 1.165) is 44.2 Å². The zero-order chi connectivity index (χ0) is 25.1. The molecule has 0 amide bonds. The second-order valence-corrected chi connectivity index (χ2v) is 9.50. The van der Waals surface area contributed by atoms with Gasteiger partial charge in [0.25, 0.3) is 0 Å². The molecule has 4 aromatic heterocycles. The van der Waals surface area contributed by atoms with Gasteiger partial charge in [-0.3, -0.25) is 4.57 Å². The topological polar surface area (TPSA) is 35.1 Å². The first kappa shape index (κ1) is 20.9. The smallest absolute Gasteiger partial charge is 0.235 e. The molecule has 0 aliphatic carbocycles. The van der Waals surface area contributed by atoms with Crippen LogP contribution in [0.1, 0.15) is 0 Å². The molecule has 0 bridgehead atoms. The van der Waals surface area contributed by atoms with E-state index >= 15 is 0 Å². The van der Waals surface area contributed by atoms with Crippen LogP contribution in [0.2, 0.25) is 0 Å². The quantitative estimate of drug-likeness (QED) is 0.252. The van der Waals surface area contributed by atoms with Gasteiger partial charge in [-0.25, -0.2) is 9.97 Å². The lowest BCUT2D eigenvalue weighted by Gasteiger charge is -2.12. The third-order valence-electron chi connectivity index (χ3n) is 7.34. The maximum Gasteiger partial charge on any atom is 0.235 e. The summed E-state index contributed by atoms with van der Waals surface area (Å²) in [6.07, 6.45) is 2.15. The molecule has 0 aliphatic heterocycles. The van der Waals surface area contributed by atoms with E-state index in [2.05, 4.69) is 130 Å². The third kappa shape index (κ3) is 2.98. The van der Waals surface area contributed by atoms with Gasteiger partial charge in [0.2, 0.25) is 5.95 Å². The van der Waals surface area contributed by atoms with Crippen molar-refractivity contribution in [1.82, 2.24) is 18.9 Å². The van der Waals surface area contributed by atoms with Gasteiger partial charge in [-0.05, 0) is 29.8 Å². The number of hydrogen-bond donors (Lipinski definition) is 0. The molecule has 0 saturated heterocycles. The summed E-state index contributed by atoms with van der Waals surface area (Å²) < 4.78 is 4.55. The zero-order valence-corrected chi connectivity index (χ0v) is 20.5. The predicted octanol–water partition coefficient (Wildman–Crippen LogP) is 8.31. The van der Waals surface area contributed by atoms with Gasteiger partial charge in [0.15, 0.2) is 0 Å². The molecule has 0 saturated carbocycles. The molecular weight excluding hydrogens is 464 g/mol. The van der Waals surface area contributed by atoms with Gasteiger partial charge in [-0.2, -0.15) is 0 Å². The molecule has 0 fully saturated rings. The number of fused-ring (bicyclic) bond motifs is 6. The van der Waals surface area contributed by atoms with Crippen molar-refractivity contribution in [3.05, 3.63) is 134 Å². The van der Waals surface area contributed by atoms with Crippen LogP contribution in [0.3, 0.4) is 0 Å².